The zero-order valence-electron chi connectivity index (χ0n) is 19.6. The van der Waals surface area contributed by atoms with Crippen molar-refractivity contribution >= 4 is 5.91 Å². The van der Waals surface area contributed by atoms with Crippen LogP contribution in [0.4, 0.5) is 26.3 Å². The maximum Gasteiger partial charge on any atom is 0.416 e. The Morgan fingerprint density at radius 2 is 1.28 bits per heavy atom. The Bertz CT molecular complexity index is 1130. The second-order valence-corrected chi connectivity index (χ2v) is 8.43. The minimum Gasteiger partial charge on any atom is -0.486 e. The number of ether oxygens (including phenoxy) is 1. The Balaban J connectivity index is 1.68. The van der Waals surface area contributed by atoms with Crippen LogP contribution in [0, 0.1) is 0 Å². The molecular formula is C27H25F6NO2. The highest BCUT2D eigenvalue weighted by Gasteiger charge is 2.31. The first-order valence-electron chi connectivity index (χ1n) is 11.2. The molecule has 3 aromatic carbocycles. The first-order chi connectivity index (χ1) is 16.9. The van der Waals surface area contributed by atoms with E-state index in [4.69, 9.17) is 4.74 Å². The van der Waals surface area contributed by atoms with Crippen LogP contribution in [-0.4, -0.2) is 24.4 Å². The van der Waals surface area contributed by atoms with Crippen molar-refractivity contribution in [2.45, 2.75) is 37.7 Å². The topological polar surface area (TPSA) is 29.5 Å². The largest absolute Gasteiger partial charge is 0.486 e. The Kier molecular flexibility index (Phi) is 8.32. The summed E-state index contributed by atoms with van der Waals surface area (Å²) >= 11 is 0. The Labute approximate surface area is 205 Å². The molecule has 3 nitrogen and oxygen atoms in total. The summed E-state index contributed by atoms with van der Waals surface area (Å²) in [7, 11) is 1.59. The first-order valence-corrected chi connectivity index (χ1v) is 11.2. The SMILES string of the molecule is CC(C(=O)N(C)CC[C@H](Oc1ccc(C(F)(F)F)cc1)c1ccccc1)c1ccc(C(F)(F)F)cc1. The summed E-state index contributed by atoms with van der Waals surface area (Å²) in [5.74, 6) is -0.691. The third-order valence-electron chi connectivity index (χ3n) is 5.84. The third kappa shape index (κ3) is 7.02. The lowest BCUT2D eigenvalue weighted by Crippen LogP contribution is -2.32. The second-order valence-electron chi connectivity index (χ2n) is 8.43. The quantitative estimate of drug-likeness (QED) is 0.295. The lowest BCUT2D eigenvalue weighted by Gasteiger charge is -2.25. The van der Waals surface area contributed by atoms with Crippen LogP contribution in [0.25, 0.3) is 0 Å². The van der Waals surface area contributed by atoms with E-state index in [2.05, 4.69) is 0 Å². The number of carbonyl (C=O) groups excluding carboxylic acids is 1. The number of nitrogens with zero attached hydrogens (tertiary/aromatic N) is 1. The summed E-state index contributed by atoms with van der Waals surface area (Å²) in [6, 6.07) is 17.9. The molecule has 2 atom stereocenters. The lowest BCUT2D eigenvalue weighted by atomic mass is 9.98. The average Bonchev–Trinajstić information content (AvgIpc) is 2.85. The molecular weight excluding hydrogens is 484 g/mol. The highest BCUT2D eigenvalue weighted by molar-refractivity contribution is 5.83. The zero-order chi connectivity index (χ0) is 26.5. The Morgan fingerprint density at radius 3 is 1.78 bits per heavy atom. The van der Waals surface area contributed by atoms with Gasteiger partial charge in [-0.1, -0.05) is 42.5 Å². The van der Waals surface area contributed by atoms with Crippen LogP contribution in [0.3, 0.4) is 0 Å². The van der Waals surface area contributed by atoms with E-state index >= 15 is 0 Å². The van der Waals surface area contributed by atoms with Gasteiger partial charge in [0, 0.05) is 20.0 Å². The minimum atomic E-state index is -4.46. The molecule has 9 heteroatoms. The predicted octanol–water partition coefficient (Wildman–Crippen LogP) is 7.50. The number of rotatable bonds is 8. The van der Waals surface area contributed by atoms with Crippen LogP contribution >= 0.6 is 0 Å². The number of halogens is 6. The molecule has 0 aliphatic heterocycles. The van der Waals surface area contributed by atoms with Gasteiger partial charge in [-0.05, 0) is 54.4 Å². The maximum atomic E-state index is 12.9. The molecule has 0 N–H and O–H groups in total. The summed E-state index contributed by atoms with van der Waals surface area (Å²) in [5, 5.41) is 0. The molecule has 0 saturated heterocycles. The molecule has 3 aromatic rings. The number of amides is 1. The molecule has 0 radical (unpaired) electrons. The summed E-state index contributed by atoms with van der Waals surface area (Å²) in [4.78, 5) is 14.4. The molecule has 3 rings (SSSR count). The van der Waals surface area contributed by atoms with Crippen LogP contribution in [0.15, 0.2) is 78.9 Å². The second kappa shape index (κ2) is 11.1. The van der Waals surface area contributed by atoms with Crippen LogP contribution in [0.2, 0.25) is 0 Å². The molecule has 192 valence electrons. The summed E-state index contributed by atoms with van der Waals surface area (Å²) < 4.78 is 83.0. The fourth-order valence-electron chi connectivity index (χ4n) is 3.70. The number of likely N-dealkylation sites (N-methyl/N-ethyl adjacent to an activating group) is 1. The summed E-state index contributed by atoms with van der Waals surface area (Å²) in [6.45, 7) is 1.87. The molecule has 36 heavy (non-hydrogen) atoms. The van der Waals surface area contributed by atoms with E-state index in [1.807, 2.05) is 18.2 Å². The summed E-state index contributed by atoms with van der Waals surface area (Å²) in [5.41, 5.74) is -0.325. The molecule has 1 unspecified atom stereocenters. The van der Waals surface area contributed by atoms with Gasteiger partial charge in [-0.15, -0.1) is 0 Å². The molecule has 0 spiro atoms. The molecule has 0 aliphatic rings. The molecule has 0 saturated carbocycles. The van der Waals surface area contributed by atoms with Crippen LogP contribution < -0.4 is 4.74 Å². The van der Waals surface area contributed by atoms with Crippen molar-refractivity contribution in [1.29, 1.82) is 0 Å². The molecule has 0 aromatic heterocycles. The fourth-order valence-corrected chi connectivity index (χ4v) is 3.70. The summed E-state index contributed by atoms with van der Waals surface area (Å²) in [6.07, 6.45) is -9.11. The van der Waals surface area contributed by atoms with E-state index in [-0.39, 0.29) is 18.2 Å². The van der Waals surface area contributed by atoms with Gasteiger partial charge in [0.2, 0.25) is 5.91 Å². The Hall–Kier alpha value is -3.49. The highest BCUT2D eigenvalue weighted by Crippen LogP contribution is 2.33. The van der Waals surface area contributed by atoms with Crippen LogP contribution in [0.1, 0.15) is 47.6 Å². The maximum absolute atomic E-state index is 12.9. The van der Waals surface area contributed by atoms with Crippen molar-refractivity contribution in [3.63, 3.8) is 0 Å². The van der Waals surface area contributed by atoms with Gasteiger partial charge in [-0.2, -0.15) is 26.3 Å². The van der Waals surface area contributed by atoms with Crippen LogP contribution in [0.5, 0.6) is 5.75 Å². The number of carbonyl (C=O) groups is 1. The van der Waals surface area contributed by atoms with Crippen molar-refractivity contribution in [2.75, 3.05) is 13.6 Å². The number of hydrogen-bond donors (Lipinski definition) is 0. The monoisotopic (exact) mass is 509 g/mol. The van der Waals surface area contributed by atoms with Gasteiger partial charge in [0.15, 0.2) is 0 Å². The Morgan fingerprint density at radius 1 is 0.778 bits per heavy atom. The highest BCUT2D eigenvalue weighted by atomic mass is 19.4. The van der Waals surface area contributed by atoms with E-state index in [1.54, 1.807) is 26.1 Å². The zero-order valence-corrected chi connectivity index (χ0v) is 19.6. The third-order valence-corrected chi connectivity index (χ3v) is 5.84. The van der Waals surface area contributed by atoms with Crippen LogP contribution in [-0.2, 0) is 17.1 Å². The van der Waals surface area contributed by atoms with E-state index in [0.717, 1.165) is 29.8 Å². The van der Waals surface area contributed by atoms with Crippen molar-refractivity contribution in [2.24, 2.45) is 0 Å². The molecule has 0 heterocycles. The van der Waals surface area contributed by atoms with Crippen molar-refractivity contribution in [1.82, 2.24) is 4.90 Å². The number of benzene rings is 3. The first kappa shape index (κ1) is 27.1. The number of hydrogen-bond acceptors (Lipinski definition) is 2. The predicted molar refractivity (Wildman–Crippen MR) is 123 cm³/mol. The molecule has 0 fully saturated rings. The van der Waals surface area contributed by atoms with Crippen molar-refractivity contribution < 1.29 is 35.9 Å². The van der Waals surface area contributed by atoms with Gasteiger partial charge in [0.25, 0.3) is 0 Å². The molecule has 1 amide bonds. The smallest absolute Gasteiger partial charge is 0.416 e. The van der Waals surface area contributed by atoms with E-state index < -0.39 is 35.5 Å². The van der Waals surface area contributed by atoms with E-state index in [9.17, 15) is 31.1 Å². The number of alkyl halides is 6. The van der Waals surface area contributed by atoms with Crippen molar-refractivity contribution in [3.05, 3.63) is 101 Å². The van der Waals surface area contributed by atoms with Gasteiger partial charge in [0.05, 0.1) is 17.0 Å². The minimum absolute atomic E-state index is 0.254. The van der Waals surface area contributed by atoms with Gasteiger partial charge in [0.1, 0.15) is 11.9 Å². The molecule has 0 bridgehead atoms. The van der Waals surface area contributed by atoms with E-state index in [0.29, 0.717) is 12.0 Å². The van der Waals surface area contributed by atoms with E-state index in [1.165, 1.54) is 29.2 Å². The van der Waals surface area contributed by atoms with Gasteiger partial charge < -0.3 is 9.64 Å². The fraction of sp³-hybridized carbons (Fsp3) is 0.296. The van der Waals surface area contributed by atoms with Gasteiger partial charge >= 0.3 is 12.4 Å². The lowest BCUT2D eigenvalue weighted by molar-refractivity contribution is -0.138. The molecule has 0 aliphatic carbocycles. The average molecular weight is 509 g/mol. The van der Waals surface area contributed by atoms with Crippen molar-refractivity contribution in [3.8, 4) is 5.75 Å². The normalized spacial score (nSPS) is 13.7. The standard InChI is InChI=1S/C27H25F6NO2/c1-18(19-8-10-21(11-9-19)26(28,29)30)25(35)34(2)17-16-24(20-6-4-3-5-7-20)36-23-14-12-22(13-15-23)27(31,32)33/h3-15,18,24H,16-17H2,1-2H3/t18?,24-/m0/s1. The van der Waals surface area contributed by atoms with Gasteiger partial charge in [-0.3, -0.25) is 4.79 Å². The van der Waals surface area contributed by atoms with Gasteiger partial charge in [-0.25, -0.2) is 0 Å².